The lowest BCUT2D eigenvalue weighted by Gasteiger charge is -2.21. The summed E-state index contributed by atoms with van der Waals surface area (Å²) >= 11 is 0. The van der Waals surface area contributed by atoms with Gasteiger partial charge in [-0.3, -0.25) is 0 Å². The maximum Gasteiger partial charge on any atom is 0.0195 e. The molecule has 3 fully saturated rings. The number of hydrogen-bond donors (Lipinski definition) is 1. The lowest BCUT2D eigenvalue weighted by atomic mass is 10.0. The van der Waals surface area contributed by atoms with Crippen LogP contribution in [0.25, 0.3) is 0 Å². The van der Waals surface area contributed by atoms with Gasteiger partial charge < -0.3 is 10.2 Å². The zero-order chi connectivity index (χ0) is 9.38. The maximum atomic E-state index is 3.61. The summed E-state index contributed by atoms with van der Waals surface area (Å²) in [5.74, 6) is 2.13. The van der Waals surface area contributed by atoms with E-state index in [-0.39, 0.29) is 0 Å². The lowest BCUT2D eigenvalue weighted by molar-refractivity contribution is 0.281. The summed E-state index contributed by atoms with van der Waals surface area (Å²) in [7, 11) is 0. The van der Waals surface area contributed by atoms with Gasteiger partial charge in [-0.1, -0.05) is 6.42 Å². The number of rotatable bonds is 2. The number of fused-ring (bicyclic) bond motifs is 1. The Morgan fingerprint density at radius 3 is 2.43 bits per heavy atom. The van der Waals surface area contributed by atoms with Gasteiger partial charge in [-0.25, -0.2) is 0 Å². The summed E-state index contributed by atoms with van der Waals surface area (Å²) in [6.07, 6.45) is 7.33. The van der Waals surface area contributed by atoms with Crippen molar-refractivity contribution in [2.75, 3.05) is 26.2 Å². The van der Waals surface area contributed by atoms with E-state index in [0.717, 1.165) is 17.9 Å². The van der Waals surface area contributed by atoms with Gasteiger partial charge in [0.2, 0.25) is 0 Å². The van der Waals surface area contributed by atoms with Crippen molar-refractivity contribution in [3.63, 3.8) is 0 Å². The molecule has 2 saturated heterocycles. The first-order valence-corrected chi connectivity index (χ1v) is 6.37. The Balaban J connectivity index is 1.50. The first kappa shape index (κ1) is 9.17. The van der Waals surface area contributed by atoms with Crippen molar-refractivity contribution in [3.05, 3.63) is 0 Å². The fourth-order valence-electron chi connectivity index (χ4n) is 3.71. The van der Waals surface area contributed by atoms with E-state index < -0.39 is 0 Å². The summed E-state index contributed by atoms with van der Waals surface area (Å²) in [6, 6.07) is 0.814. The summed E-state index contributed by atoms with van der Waals surface area (Å²) in [5.41, 5.74) is 0. The summed E-state index contributed by atoms with van der Waals surface area (Å²) in [6.45, 7) is 5.39. The molecule has 1 saturated carbocycles. The standard InChI is InChI=1S/C12H22N2/c1-3-10-7-14(8-11(10)4-1)9-12-5-2-6-13-12/h10-13H,1-9H2/t10?,11?,12-/m0/s1. The average molecular weight is 194 g/mol. The summed E-state index contributed by atoms with van der Waals surface area (Å²) < 4.78 is 0. The van der Waals surface area contributed by atoms with Crippen LogP contribution in [-0.4, -0.2) is 37.1 Å². The molecule has 0 bridgehead atoms. The first-order chi connectivity index (χ1) is 6.92. The highest BCUT2D eigenvalue weighted by Crippen LogP contribution is 2.37. The Labute approximate surface area is 87.0 Å². The van der Waals surface area contributed by atoms with Gasteiger partial charge in [-0.05, 0) is 44.1 Å². The minimum absolute atomic E-state index is 0.814. The minimum Gasteiger partial charge on any atom is -0.313 e. The Kier molecular flexibility index (Phi) is 2.50. The Bertz CT molecular complexity index is 186. The van der Waals surface area contributed by atoms with Crippen LogP contribution < -0.4 is 5.32 Å². The minimum atomic E-state index is 0.814. The molecule has 80 valence electrons. The molecule has 3 atom stereocenters. The number of hydrogen-bond acceptors (Lipinski definition) is 2. The van der Waals surface area contributed by atoms with E-state index >= 15 is 0 Å². The van der Waals surface area contributed by atoms with Crippen molar-refractivity contribution in [1.82, 2.24) is 10.2 Å². The molecule has 3 aliphatic rings. The van der Waals surface area contributed by atoms with E-state index in [0.29, 0.717) is 0 Å². The van der Waals surface area contributed by atoms with Crippen LogP contribution in [0.2, 0.25) is 0 Å². The van der Waals surface area contributed by atoms with Crippen molar-refractivity contribution >= 4 is 0 Å². The molecular weight excluding hydrogens is 172 g/mol. The molecule has 0 spiro atoms. The van der Waals surface area contributed by atoms with Crippen LogP contribution in [0, 0.1) is 11.8 Å². The molecule has 1 N–H and O–H groups in total. The third-order valence-electron chi connectivity index (χ3n) is 4.44. The van der Waals surface area contributed by atoms with Crippen LogP contribution in [0.1, 0.15) is 32.1 Å². The van der Waals surface area contributed by atoms with Crippen molar-refractivity contribution in [1.29, 1.82) is 0 Å². The molecule has 0 aromatic rings. The fraction of sp³-hybridized carbons (Fsp3) is 1.00. The van der Waals surface area contributed by atoms with Gasteiger partial charge >= 0.3 is 0 Å². The van der Waals surface area contributed by atoms with Gasteiger partial charge in [0, 0.05) is 25.7 Å². The van der Waals surface area contributed by atoms with Crippen LogP contribution in [0.4, 0.5) is 0 Å². The van der Waals surface area contributed by atoms with Crippen molar-refractivity contribution in [2.45, 2.75) is 38.1 Å². The predicted molar refractivity (Wildman–Crippen MR) is 58.3 cm³/mol. The van der Waals surface area contributed by atoms with E-state index in [1.807, 2.05) is 0 Å². The lowest BCUT2D eigenvalue weighted by Crippen LogP contribution is -2.36. The van der Waals surface area contributed by atoms with E-state index in [4.69, 9.17) is 0 Å². The predicted octanol–water partition coefficient (Wildman–Crippen LogP) is 1.47. The molecule has 0 amide bonds. The molecule has 0 aromatic carbocycles. The Morgan fingerprint density at radius 1 is 1.00 bits per heavy atom. The van der Waals surface area contributed by atoms with E-state index in [1.165, 1.54) is 58.3 Å². The van der Waals surface area contributed by atoms with Crippen LogP contribution in [0.15, 0.2) is 0 Å². The quantitative estimate of drug-likeness (QED) is 0.716. The van der Waals surface area contributed by atoms with Gasteiger partial charge in [-0.15, -0.1) is 0 Å². The van der Waals surface area contributed by atoms with Crippen molar-refractivity contribution in [3.8, 4) is 0 Å². The van der Waals surface area contributed by atoms with Crippen LogP contribution in [-0.2, 0) is 0 Å². The number of likely N-dealkylation sites (tertiary alicyclic amines) is 1. The molecule has 2 nitrogen and oxygen atoms in total. The van der Waals surface area contributed by atoms with E-state index in [1.54, 1.807) is 0 Å². The second-order valence-corrected chi connectivity index (χ2v) is 5.46. The maximum absolute atomic E-state index is 3.61. The molecule has 2 unspecified atom stereocenters. The fourth-order valence-corrected chi connectivity index (χ4v) is 3.71. The number of nitrogens with one attached hydrogen (secondary N) is 1. The molecule has 14 heavy (non-hydrogen) atoms. The molecule has 0 aromatic heterocycles. The summed E-state index contributed by atoms with van der Waals surface area (Å²) in [5, 5.41) is 3.61. The van der Waals surface area contributed by atoms with Crippen LogP contribution in [0.3, 0.4) is 0 Å². The molecule has 0 radical (unpaired) electrons. The zero-order valence-electron chi connectivity index (χ0n) is 9.04. The van der Waals surface area contributed by atoms with E-state index in [9.17, 15) is 0 Å². The van der Waals surface area contributed by atoms with Crippen molar-refractivity contribution in [2.24, 2.45) is 11.8 Å². The first-order valence-electron chi connectivity index (χ1n) is 6.37. The molecule has 2 heteroatoms. The van der Waals surface area contributed by atoms with Gasteiger partial charge in [0.25, 0.3) is 0 Å². The SMILES string of the molecule is C1CC2CN(C[C@@H]3CCCN3)CC2C1. The third-order valence-corrected chi connectivity index (χ3v) is 4.44. The molecule has 3 rings (SSSR count). The van der Waals surface area contributed by atoms with E-state index in [2.05, 4.69) is 10.2 Å². The van der Waals surface area contributed by atoms with Gasteiger partial charge in [0.05, 0.1) is 0 Å². The Morgan fingerprint density at radius 2 is 1.79 bits per heavy atom. The average Bonchev–Trinajstić information content (AvgIpc) is 2.78. The van der Waals surface area contributed by atoms with Gasteiger partial charge in [0.1, 0.15) is 0 Å². The monoisotopic (exact) mass is 194 g/mol. The molecule has 2 aliphatic heterocycles. The highest BCUT2D eigenvalue weighted by atomic mass is 15.2. The van der Waals surface area contributed by atoms with Crippen LogP contribution in [0.5, 0.6) is 0 Å². The van der Waals surface area contributed by atoms with Crippen LogP contribution >= 0.6 is 0 Å². The molecular formula is C12H22N2. The highest BCUT2D eigenvalue weighted by Gasteiger charge is 2.36. The smallest absolute Gasteiger partial charge is 0.0195 e. The highest BCUT2D eigenvalue weighted by molar-refractivity contribution is 4.90. The zero-order valence-corrected chi connectivity index (χ0v) is 9.04. The van der Waals surface area contributed by atoms with Crippen molar-refractivity contribution < 1.29 is 0 Å². The second kappa shape index (κ2) is 3.82. The number of nitrogens with zero attached hydrogens (tertiary/aromatic N) is 1. The molecule has 2 heterocycles. The van der Waals surface area contributed by atoms with Gasteiger partial charge in [0.15, 0.2) is 0 Å². The summed E-state index contributed by atoms with van der Waals surface area (Å²) in [4.78, 5) is 2.72. The normalized spacial score (nSPS) is 43.3. The molecule has 1 aliphatic carbocycles. The third kappa shape index (κ3) is 1.70. The topological polar surface area (TPSA) is 15.3 Å². The second-order valence-electron chi connectivity index (χ2n) is 5.46. The largest absolute Gasteiger partial charge is 0.313 e. The Hall–Kier alpha value is -0.0800. The van der Waals surface area contributed by atoms with Gasteiger partial charge in [-0.2, -0.15) is 0 Å².